The van der Waals surface area contributed by atoms with Gasteiger partial charge in [-0.3, -0.25) is 9.78 Å². The van der Waals surface area contributed by atoms with Crippen LogP contribution >= 0.6 is 23.2 Å². The summed E-state index contributed by atoms with van der Waals surface area (Å²) in [6, 6.07) is 6.53. The van der Waals surface area contributed by atoms with Gasteiger partial charge in [-0.2, -0.15) is 5.10 Å². The molecule has 0 saturated carbocycles. The fourth-order valence-corrected chi connectivity index (χ4v) is 2.34. The summed E-state index contributed by atoms with van der Waals surface area (Å²) in [6.07, 6.45) is 5.39. The number of hydrazone groups is 1. The Bertz CT molecular complexity index is 683. The Morgan fingerprint density at radius 1 is 1.30 bits per heavy atom. The number of nitrogens with one attached hydrogen (secondary N) is 1. The second-order valence-electron chi connectivity index (χ2n) is 4.60. The third kappa shape index (κ3) is 4.94. The molecule has 23 heavy (non-hydrogen) atoms. The van der Waals surface area contributed by atoms with Gasteiger partial charge in [0.25, 0.3) is 5.91 Å². The first-order valence-corrected chi connectivity index (χ1v) is 7.72. The third-order valence-electron chi connectivity index (χ3n) is 2.79. The van der Waals surface area contributed by atoms with Gasteiger partial charge < -0.3 is 4.74 Å². The minimum Gasteiger partial charge on any atom is -0.490 e. The van der Waals surface area contributed by atoms with Crippen LogP contribution in [0, 0.1) is 0 Å². The molecule has 0 aliphatic carbocycles. The van der Waals surface area contributed by atoms with Crippen molar-refractivity contribution in [1.29, 1.82) is 0 Å². The van der Waals surface area contributed by atoms with E-state index in [9.17, 15) is 4.79 Å². The van der Waals surface area contributed by atoms with Gasteiger partial charge in [-0.15, -0.1) is 0 Å². The van der Waals surface area contributed by atoms with Crippen molar-refractivity contribution in [3.63, 3.8) is 0 Å². The van der Waals surface area contributed by atoms with Gasteiger partial charge in [0.2, 0.25) is 0 Å². The van der Waals surface area contributed by atoms with Crippen molar-refractivity contribution in [2.75, 3.05) is 6.61 Å². The van der Waals surface area contributed by atoms with Gasteiger partial charge >= 0.3 is 0 Å². The molecule has 0 saturated heterocycles. The highest BCUT2D eigenvalue weighted by atomic mass is 35.5. The van der Waals surface area contributed by atoms with Crippen LogP contribution in [0.2, 0.25) is 10.0 Å². The maximum Gasteiger partial charge on any atom is 0.271 e. The molecule has 1 heterocycles. The minimum atomic E-state index is -0.330. The molecule has 7 heteroatoms. The van der Waals surface area contributed by atoms with Gasteiger partial charge in [-0.05, 0) is 36.2 Å². The van der Waals surface area contributed by atoms with E-state index in [1.54, 1.807) is 24.3 Å². The van der Waals surface area contributed by atoms with Crippen LogP contribution in [0.25, 0.3) is 0 Å². The molecule has 1 aromatic heterocycles. The monoisotopic (exact) mass is 351 g/mol. The van der Waals surface area contributed by atoms with E-state index in [1.807, 2.05) is 6.92 Å². The Balaban J connectivity index is 2.04. The number of halogens is 2. The molecule has 1 amide bonds. The summed E-state index contributed by atoms with van der Waals surface area (Å²) < 4.78 is 5.49. The van der Waals surface area contributed by atoms with Gasteiger partial charge in [0.1, 0.15) is 0 Å². The zero-order chi connectivity index (χ0) is 16.7. The Morgan fingerprint density at radius 2 is 1.96 bits per heavy atom. The van der Waals surface area contributed by atoms with Crippen molar-refractivity contribution in [2.24, 2.45) is 5.10 Å². The highest BCUT2D eigenvalue weighted by Crippen LogP contribution is 2.33. The van der Waals surface area contributed by atoms with Crippen LogP contribution in [0.3, 0.4) is 0 Å². The molecule has 2 aromatic rings. The highest BCUT2D eigenvalue weighted by molar-refractivity contribution is 6.37. The lowest BCUT2D eigenvalue weighted by atomic mass is 10.2. The van der Waals surface area contributed by atoms with Crippen LogP contribution in [0.15, 0.2) is 41.8 Å². The molecule has 120 valence electrons. The molecule has 2 rings (SSSR count). The first-order valence-electron chi connectivity index (χ1n) is 6.97. The molecular formula is C16H15Cl2N3O2. The minimum absolute atomic E-state index is 0.330. The fraction of sp³-hybridized carbons (Fsp3) is 0.188. The Kier molecular flexibility index (Phi) is 6.38. The summed E-state index contributed by atoms with van der Waals surface area (Å²) in [5, 5.41) is 4.68. The zero-order valence-corrected chi connectivity index (χ0v) is 13.9. The van der Waals surface area contributed by atoms with E-state index in [1.165, 1.54) is 18.6 Å². The largest absolute Gasteiger partial charge is 0.490 e. The van der Waals surface area contributed by atoms with Gasteiger partial charge in [-0.1, -0.05) is 30.1 Å². The van der Waals surface area contributed by atoms with E-state index in [0.29, 0.717) is 33.5 Å². The maximum atomic E-state index is 11.8. The molecule has 1 aromatic carbocycles. The van der Waals surface area contributed by atoms with Crippen LogP contribution in [-0.2, 0) is 0 Å². The van der Waals surface area contributed by atoms with Crippen LogP contribution in [0.5, 0.6) is 5.75 Å². The predicted molar refractivity (Wildman–Crippen MR) is 91.5 cm³/mol. The summed E-state index contributed by atoms with van der Waals surface area (Å²) >= 11 is 12.3. The molecule has 0 radical (unpaired) electrons. The summed E-state index contributed by atoms with van der Waals surface area (Å²) in [4.78, 5) is 15.7. The first-order chi connectivity index (χ1) is 11.1. The van der Waals surface area contributed by atoms with Crippen molar-refractivity contribution in [3.8, 4) is 5.75 Å². The SMILES string of the molecule is CCCOc1c(Cl)cc(/C=N\NC(=O)c2ccncc2)cc1Cl. The van der Waals surface area contributed by atoms with Crippen LogP contribution in [0.4, 0.5) is 0 Å². The molecule has 0 spiro atoms. The van der Waals surface area contributed by atoms with Crippen molar-refractivity contribution < 1.29 is 9.53 Å². The van der Waals surface area contributed by atoms with E-state index in [-0.39, 0.29) is 5.91 Å². The predicted octanol–water partition coefficient (Wildman–Crippen LogP) is 3.94. The number of pyridine rings is 1. The number of ether oxygens (including phenoxy) is 1. The molecule has 0 bridgehead atoms. The molecule has 0 atom stereocenters. The molecule has 5 nitrogen and oxygen atoms in total. The Morgan fingerprint density at radius 3 is 2.57 bits per heavy atom. The average Bonchev–Trinajstić information content (AvgIpc) is 2.55. The lowest BCUT2D eigenvalue weighted by Crippen LogP contribution is -2.17. The molecule has 0 fully saturated rings. The van der Waals surface area contributed by atoms with E-state index in [2.05, 4.69) is 15.5 Å². The number of hydrogen-bond acceptors (Lipinski definition) is 4. The van der Waals surface area contributed by atoms with E-state index < -0.39 is 0 Å². The van der Waals surface area contributed by atoms with Crippen molar-refractivity contribution in [3.05, 3.63) is 57.8 Å². The highest BCUT2D eigenvalue weighted by Gasteiger charge is 2.09. The van der Waals surface area contributed by atoms with E-state index >= 15 is 0 Å². The number of benzene rings is 1. The summed E-state index contributed by atoms with van der Waals surface area (Å²) in [7, 11) is 0. The average molecular weight is 352 g/mol. The maximum absolute atomic E-state index is 11.8. The number of carbonyl (C=O) groups excluding carboxylic acids is 1. The van der Waals surface area contributed by atoms with Gasteiger partial charge in [0, 0.05) is 18.0 Å². The molecule has 0 unspecified atom stereocenters. The number of carbonyl (C=O) groups is 1. The quantitative estimate of drug-likeness (QED) is 0.633. The fourth-order valence-electron chi connectivity index (χ4n) is 1.73. The standard InChI is InChI=1S/C16H15Cl2N3O2/c1-2-7-23-15-13(17)8-11(9-14(15)18)10-20-21-16(22)12-3-5-19-6-4-12/h3-6,8-10H,2,7H2,1H3,(H,21,22)/b20-10-. The van der Waals surface area contributed by atoms with Gasteiger partial charge in [0.15, 0.2) is 5.75 Å². The topological polar surface area (TPSA) is 63.6 Å². The molecule has 1 N–H and O–H groups in total. The van der Waals surface area contributed by atoms with E-state index in [0.717, 1.165) is 6.42 Å². The third-order valence-corrected chi connectivity index (χ3v) is 3.35. The van der Waals surface area contributed by atoms with Crippen LogP contribution in [0.1, 0.15) is 29.3 Å². The Hall–Kier alpha value is -2.11. The van der Waals surface area contributed by atoms with Gasteiger partial charge in [0.05, 0.1) is 22.9 Å². The van der Waals surface area contributed by atoms with Crippen LogP contribution in [-0.4, -0.2) is 23.7 Å². The Labute approximate surface area is 144 Å². The second-order valence-corrected chi connectivity index (χ2v) is 5.41. The number of aromatic nitrogens is 1. The smallest absolute Gasteiger partial charge is 0.271 e. The van der Waals surface area contributed by atoms with Crippen molar-refractivity contribution in [1.82, 2.24) is 10.4 Å². The lowest BCUT2D eigenvalue weighted by molar-refractivity contribution is 0.0955. The van der Waals surface area contributed by atoms with Crippen molar-refractivity contribution >= 4 is 35.3 Å². The number of hydrogen-bond donors (Lipinski definition) is 1. The lowest BCUT2D eigenvalue weighted by Gasteiger charge is -2.09. The summed E-state index contributed by atoms with van der Waals surface area (Å²) in [6.45, 7) is 2.53. The molecule has 0 aliphatic rings. The second kappa shape index (κ2) is 8.50. The van der Waals surface area contributed by atoms with Crippen molar-refractivity contribution in [2.45, 2.75) is 13.3 Å². The van der Waals surface area contributed by atoms with Gasteiger partial charge in [-0.25, -0.2) is 5.43 Å². The summed E-state index contributed by atoms with van der Waals surface area (Å²) in [5.41, 5.74) is 3.54. The zero-order valence-electron chi connectivity index (χ0n) is 12.4. The number of amides is 1. The summed E-state index contributed by atoms with van der Waals surface area (Å²) in [5.74, 6) is 0.122. The number of nitrogens with zero attached hydrogens (tertiary/aromatic N) is 2. The van der Waals surface area contributed by atoms with E-state index in [4.69, 9.17) is 27.9 Å². The number of rotatable bonds is 6. The first kappa shape index (κ1) is 17.2. The normalized spacial score (nSPS) is 10.7. The molecule has 0 aliphatic heterocycles. The van der Waals surface area contributed by atoms with Crippen LogP contribution < -0.4 is 10.2 Å². The molecular weight excluding hydrogens is 337 g/mol.